The number of para-hydroxylation sites is 1. The Balaban J connectivity index is 1.95. The van der Waals surface area contributed by atoms with Crippen LogP contribution in [0, 0.1) is 13.8 Å². The number of nitrogens with zero attached hydrogens (tertiary/aromatic N) is 1. The van der Waals surface area contributed by atoms with Crippen LogP contribution in [0.4, 0.5) is 5.69 Å². The molecule has 0 aliphatic carbocycles. The quantitative estimate of drug-likeness (QED) is 0.516. The van der Waals surface area contributed by atoms with Crippen LogP contribution in [0.15, 0.2) is 47.6 Å². The molecular formula is C17H16ClN3O2. The van der Waals surface area contributed by atoms with Gasteiger partial charge in [0.2, 0.25) is 0 Å². The summed E-state index contributed by atoms with van der Waals surface area (Å²) >= 11 is 5.77. The van der Waals surface area contributed by atoms with E-state index in [-0.39, 0.29) is 0 Å². The van der Waals surface area contributed by atoms with E-state index in [1.54, 1.807) is 24.3 Å². The van der Waals surface area contributed by atoms with Crippen LogP contribution in [0.3, 0.4) is 0 Å². The van der Waals surface area contributed by atoms with Gasteiger partial charge in [0.15, 0.2) is 0 Å². The van der Waals surface area contributed by atoms with Crippen molar-refractivity contribution in [2.24, 2.45) is 5.10 Å². The Morgan fingerprint density at radius 3 is 2.22 bits per heavy atom. The van der Waals surface area contributed by atoms with Crippen molar-refractivity contribution in [2.45, 2.75) is 13.8 Å². The van der Waals surface area contributed by atoms with Gasteiger partial charge in [-0.2, -0.15) is 5.10 Å². The molecule has 118 valence electrons. The zero-order valence-corrected chi connectivity index (χ0v) is 13.5. The van der Waals surface area contributed by atoms with E-state index in [2.05, 4.69) is 15.8 Å². The highest BCUT2D eigenvalue weighted by Crippen LogP contribution is 2.19. The van der Waals surface area contributed by atoms with E-state index in [9.17, 15) is 9.59 Å². The van der Waals surface area contributed by atoms with Crippen molar-refractivity contribution in [3.63, 3.8) is 0 Å². The van der Waals surface area contributed by atoms with Crippen LogP contribution in [-0.4, -0.2) is 18.0 Å². The zero-order valence-electron chi connectivity index (χ0n) is 12.8. The van der Waals surface area contributed by atoms with Gasteiger partial charge in [0, 0.05) is 10.7 Å². The maximum absolute atomic E-state index is 11.9. The fraction of sp³-hybridized carbons (Fsp3) is 0.118. The number of hydrazone groups is 1. The number of hydrogen-bond donors (Lipinski definition) is 2. The Morgan fingerprint density at radius 2 is 1.61 bits per heavy atom. The van der Waals surface area contributed by atoms with E-state index in [0.717, 1.165) is 16.7 Å². The summed E-state index contributed by atoms with van der Waals surface area (Å²) in [6.45, 7) is 3.72. The molecule has 2 rings (SSSR count). The van der Waals surface area contributed by atoms with Gasteiger partial charge in [0.1, 0.15) is 0 Å². The van der Waals surface area contributed by atoms with Crippen molar-refractivity contribution >= 4 is 35.3 Å². The Labute approximate surface area is 139 Å². The minimum atomic E-state index is -0.835. The fourth-order valence-electron chi connectivity index (χ4n) is 1.95. The van der Waals surface area contributed by atoms with E-state index in [0.29, 0.717) is 10.7 Å². The van der Waals surface area contributed by atoms with E-state index >= 15 is 0 Å². The number of amides is 2. The predicted octanol–water partition coefficient (Wildman–Crippen LogP) is 3.05. The Morgan fingerprint density at radius 1 is 1.00 bits per heavy atom. The smallest absolute Gasteiger partial charge is 0.317 e. The second kappa shape index (κ2) is 7.56. The molecule has 0 fully saturated rings. The molecule has 0 heterocycles. The second-order valence-corrected chi connectivity index (χ2v) is 5.41. The maximum Gasteiger partial charge on any atom is 0.329 e. The number of carbonyl (C=O) groups is 2. The van der Waals surface area contributed by atoms with E-state index in [1.165, 1.54) is 6.21 Å². The molecule has 0 aromatic heterocycles. The van der Waals surface area contributed by atoms with Gasteiger partial charge in [0.05, 0.1) is 6.21 Å². The van der Waals surface area contributed by atoms with Crippen molar-refractivity contribution in [2.75, 3.05) is 5.32 Å². The lowest BCUT2D eigenvalue weighted by Crippen LogP contribution is -2.32. The summed E-state index contributed by atoms with van der Waals surface area (Å²) in [6.07, 6.45) is 1.43. The number of hydrogen-bond acceptors (Lipinski definition) is 3. The lowest BCUT2D eigenvalue weighted by Gasteiger charge is -2.10. The van der Waals surface area contributed by atoms with E-state index in [1.807, 2.05) is 32.0 Å². The summed E-state index contributed by atoms with van der Waals surface area (Å²) in [5, 5.41) is 6.95. The van der Waals surface area contributed by atoms with Crippen LogP contribution in [0.5, 0.6) is 0 Å². The largest absolute Gasteiger partial charge is 0.329 e. The predicted molar refractivity (Wildman–Crippen MR) is 91.7 cm³/mol. The molecule has 0 bridgehead atoms. The van der Waals surface area contributed by atoms with Gasteiger partial charge in [-0.15, -0.1) is 0 Å². The van der Waals surface area contributed by atoms with Crippen LogP contribution in [0.25, 0.3) is 0 Å². The van der Waals surface area contributed by atoms with Gasteiger partial charge in [-0.1, -0.05) is 41.9 Å². The topological polar surface area (TPSA) is 70.6 Å². The number of benzene rings is 2. The SMILES string of the molecule is Cc1cccc(C)c1NC(=O)C(=O)NN=Cc1ccc(Cl)cc1. The van der Waals surface area contributed by atoms with Crippen molar-refractivity contribution in [1.82, 2.24) is 5.43 Å². The fourth-order valence-corrected chi connectivity index (χ4v) is 2.07. The number of nitrogens with one attached hydrogen (secondary N) is 2. The van der Waals surface area contributed by atoms with Gasteiger partial charge in [-0.05, 0) is 42.7 Å². The van der Waals surface area contributed by atoms with Crippen molar-refractivity contribution in [1.29, 1.82) is 0 Å². The molecule has 0 radical (unpaired) electrons. The third kappa shape index (κ3) is 4.66. The van der Waals surface area contributed by atoms with E-state index < -0.39 is 11.8 Å². The molecular weight excluding hydrogens is 314 g/mol. The molecule has 0 atom stereocenters. The minimum absolute atomic E-state index is 0.610. The summed E-state index contributed by atoms with van der Waals surface area (Å²) in [4.78, 5) is 23.6. The first-order valence-electron chi connectivity index (χ1n) is 6.93. The van der Waals surface area contributed by atoms with Crippen LogP contribution in [0.2, 0.25) is 5.02 Å². The molecule has 0 saturated carbocycles. The van der Waals surface area contributed by atoms with Gasteiger partial charge in [-0.25, -0.2) is 5.43 Å². The Kier molecular flexibility index (Phi) is 5.49. The average Bonchev–Trinajstić information content (AvgIpc) is 2.52. The van der Waals surface area contributed by atoms with Gasteiger partial charge < -0.3 is 5.32 Å². The summed E-state index contributed by atoms with van der Waals surface area (Å²) in [5.74, 6) is -1.60. The van der Waals surface area contributed by atoms with Crippen molar-refractivity contribution in [3.8, 4) is 0 Å². The van der Waals surface area contributed by atoms with Crippen molar-refractivity contribution in [3.05, 3.63) is 64.2 Å². The lowest BCUT2D eigenvalue weighted by atomic mass is 10.1. The number of anilines is 1. The Hall–Kier alpha value is -2.66. The third-order valence-corrected chi connectivity index (χ3v) is 3.43. The molecule has 0 saturated heterocycles. The first-order chi connectivity index (χ1) is 11.0. The van der Waals surface area contributed by atoms with Crippen LogP contribution >= 0.6 is 11.6 Å². The van der Waals surface area contributed by atoms with Gasteiger partial charge >= 0.3 is 11.8 Å². The highest BCUT2D eigenvalue weighted by Gasteiger charge is 2.14. The molecule has 0 aliphatic rings. The summed E-state index contributed by atoms with van der Waals surface area (Å²) < 4.78 is 0. The number of carbonyl (C=O) groups excluding carboxylic acids is 2. The molecule has 2 aromatic rings. The van der Waals surface area contributed by atoms with Gasteiger partial charge in [0.25, 0.3) is 0 Å². The summed E-state index contributed by atoms with van der Waals surface area (Å²) in [7, 11) is 0. The zero-order chi connectivity index (χ0) is 16.8. The number of aryl methyl sites for hydroxylation is 2. The number of halogens is 1. The Bertz CT molecular complexity index is 735. The molecule has 5 nitrogen and oxygen atoms in total. The average molecular weight is 330 g/mol. The second-order valence-electron chi connectivity index (χ2n) is 4.97. The molecule has 6 heteroatoms. The first-order valence-corrected chi connectivity index (χ1v) is 7.31. The summed E-state index contributed by atoms with van der Waals surface area (Å²) in [5.41, 5.74) is 5.35. The molecule has 0 spiro atoms. The van der Waals surface area contributed by atoms with E-state index in [4.69, 9.17) is 11.6 Å². The van der Waals surface area contributed by atoms with Crippen molar-refractivity contribution < 1.29 is 9.59 Å². The molecule has 0 unspecified atom stereocenters. The highest BCUT2D eigenvalue weighted by atomic mass is 35.5. The third-order valence-electron chi connectivity index (χ3n) is 3.18. The monoisotopic (exact) mass is 329 g/mol. The van der Waals surface area contributed by atoms with Crippen LogP contribution < -0.4 is 10.7 Å². The number of rotatable bonds is 3. The van der Waals surface area contributed by atoms with Crippen LogP contribution in [0.1, 0.15) is 16.7 Å². The first kappa shape index (κ1) is 16.7. The molecule has 2 N–H and O–H groups in total. The normalized spacial score (nSPS) is 10.6. The molecule has 2 aromatic carbocycles. The maximum atomic E-state index is 11.9. The molecule has 2 amide bonds. The standard InChI is InChI=1S/C17H16ClN3O2/c1-11-4-3-5-12(2)15(11)20-16(22)17(23)21-19-10-13-6-8-14(18)9-7-13/h3-10H,1-2H3,(H,20,22)(H,21,23). The lowest BCUT2D eigenvalue weighted by molar-refractivity contribution is -0.136. The van der Waals surface area contributed by atoms with Crippen LogP contribution in [-0.2, 0) is 9.59 Å². The minimum Gasteiger partial charge on any atom is -0.317 e. The molecule has 23 heavy (non-hydrogen) atoms. The molecule has 0 aliphatic heterocycles. The summed E-state index contributed by atoms with van der Waals surface area (Å²) in [6, 6.07) is 12.5. The highest BCUT2D eigenvalue weighted by molar-refractivity contribution is 6.39. The van der Waals surface area contributed by atoms with Gasteiger partial charge in [-0.3, -0.25) is 9.59 Å².